The molecule has 0 atom stereocenters. The molecule has 2 aromatic carbocycles. The summed E-state index contributed by atoms with van der Waals surface area (Å²) in [5, 5.41) is 20.4. The quantitative estimate of drug-likeness (QED) is 0.575. The van der Waals surface area contributed by atoms with E-state index < -0.39 is 0 Å². The molecule has 25 heavy (non-hydrogen) atoms. The normalized spacial score (nSPS) is 10.4. The van der Waals surface area contributed by atoms with Crippen LogP contribution in [0.3, 0.4) is 0 Å². The minimum Gasteiger partial charge on any atom is -0.390 e. The third-order valence-electron chi connectivity index (χ3n) is 4.43. The topological polar surface area (TPSA) is 50.3 Å². The Balaban J connectivity index is 0.000000173. The Kier molecular flexibility index (Phi) is 7.11. The van der Waals surface area contributed by atoms with Gasteiger partial charge in [-0.05, 0) is 35.0 Å². The van der Waals surface area contributed by atoms with Gasteiger partial charge in [0, 0.05) is 74.3 Å². The summed E-state index contributed by atoms with van der Waals surface area (Å²) >= 11 is 0. The second-order valence-corrected chi connectivity index (χ2v) is 5.82. The Bertz CT molecular complexity index is 892. The summed E-state index contributed by atoms with van der Waals surface area (Å²) in [6, 6.07) is 20.2. The SMILES string of the molecule is Cn1c(CO)cc2ccccc21.Cn1c(CO)cc2ccccc21.[Ar]. The number of nitrogens with zero attached hydrogens (tertiary/aromatic N) is 2. The predicted octanol–water partition coefficient (Wildman–Crippen LogP) is 3.34. The van der Waals surface area contributed by atoms with Crippen molar-refractivity contribution in [2.75, 3.05) is 0 Å². The average Bonchev–Trinajstić information content (AvgIpc) is 3.13. The molecule has 0 bridgehead atoms. The summed E-state index contributed by atoms with van der Waals surface area (Å²) in [6.07, 6.45) is 0. The van der Waals surface area contributed by atoms with Gasteiger partial charge in [0.15, 0.2) is 0 Å². The summed E-state index contributed by atoms with van der Waals surface area (Å²) in [7, 11) is 3.93. The van der Waals surface area contributed by atoms with Gasteiger partial charge in [-0.2, -0.15) is 0 Å². The zero-order valence-corrected chi connectivity index (χ0v) is 15.0. The van der Waals surface area contributed by atoms with Gasteiger partial charge < -0.3 is 19.3 Å². The molecule has 2 N–H and O–H groups in total. The molecule has 0 amide bonds. The van der Waals surface area contributed by atoms with Crippen LogP contribution in [0, 0.1) is 37.7 Å². The van der Waals surface area contributed by atoms with E-state index in [0.29, 0.717) is 0 Å². The van der Waals surface area contributed by atoms with Gasteiger partial charge in [0.2, 0.25) is 0 Å². The third-order valence-corrected chi connectivity index (χ3v) is 4.43. The second kappa shape index (κ2) is 8.88. The van der Waals surface area contributed by atoms with Gasteiger partial charge in [0.05, 0.1) is 13.2 Å². The van der Waals surface area contributed by atoms with E-state index in [1.165, 1.54) is 21.8 Å². The number of benzene rings is 2. The molecule has 0 saturated carbocycles. The summed E-state index contributed by atoms with van der Waals surface area (Å²) < 4.78 is 4.02. The van der Waals surface area contributed by atoms with Crippen LogP contribution in [-0.2, 0) is 27.3 Å². The number of aliphatic hydroxyl groups is 2. The first-order valence-electron chi connectivity index (χ1n) is 7.94. The van der Waals surface area contributed by atoms with Crippen molar-refractivity contribution in [2.24, 2.45) is 14.1 Å². The molecule has 4 nitrogen and oxygen atoms in total. The number of hydrogen-bond donors (Lipinski definition) is 2. The molecule has 0 aliphatic carbocycles. The molecule has 0 aliphatic heterocycles. The van der Waals surface area contributed by atoms with Crippen LogP contribution in [0.4, 0.5) is 0 Å². The largest absolute Gasteiger partial charge is 0.390 e. The van der Waals surface area contributed by atoms with Crippen molar-refractivity contribution in [3.8, 4) is 0 Å². The fourth-order valence-corrected chi connectivity index (χ4v) is 3.00. The molecule has 0 unspecified atom stereocenters. The molecule has 0 saturated heterocycles. The van der Waals surface area contributed by atoms with Crippen molar-refractivity contribution in [3.05, 3.63) is 72.1 Å². The van der Waals surface area contributed by atoms with Gasteiger partial charge in [-0.15, -0.1) is 0 Å². The molecule has 132 valence electrons. The van der Waals surface area contributed by atoms with E-state index in [4.69, 9.17) is 10.2 Å². The zero-order valence-electron chi connectivity index (χ0n) is 14.3. The van der Waals surface area contributed by atoms with Gasteiger partial charge in [-0.1, -0.05) is 36.4 Å². The van der Waals surface area contributed by atoms with Crippen LogP contribution in [0.1, 0.15) is 11.4 Å². The number of fused-ring (bicyclic) bond motifs is 2. The smallest absolute Gasteiger partial charge is 0.0833 e. The Morgan fingerprint density at radius 2 is 1.04 bits per heavy atom. The Hall–Kier alpha value is -1.30. The summed E-state index contributed by atoms with van der Waals surface area (Å²) in [6.45, 7) is 0.205. The number of rotatable bonds is 2. The van der Waals surface area contributed by atoms with Gasteiger partial charge in [-0.3, -0.25) is 0 Å². The Labute approximate surface area is 177 Å². The van der Waals surface area contributed by atoms with Crippen LogP contribution in [0.25, 0.3) is 21.8 Å². The fraction of sp³-hybridized carbons (Fsp3) is 0.200. The number of aryl methyl sites for hydroxylation is 2. The molecule has 4 rings (SSSR count). The summed E-state index contributed by atoms with van der Waals surface area (Å²) in [5.41, 5.74) is 4.25. The van der Waals surface area contributed by atoms with Crippen LogP contribution in [0.15, 0.2) is 60.7 Å². The van der Waals surface area contributed by atoms with Crippen molar-refractivity contribution in [1.82, 2.24) is 9.13 Å². The predicted molar refractivity (Wildman–Crippen MR) is 97.7 cm³/mol. The molecular weight excluding hydrogens is 340 g/mol. The molecule has 2 heterocycles. The van der Waals surface area contributed by atoms with Gasteiger partial charge >= 0.3 is 0 Å². The van der Waals surface area contributed by atoms with E-state index in [2.05, 4.69) is 24.3 Å². The molecule has 0 radical (unpaired) electrons. The van der Waals surface area contributed by atoms with Crippen LogP contribution < -0.4 is 0 Å². The Morgan fingerprint density at radius 1 is 0.680 bits per heavy atom. The molecule has 0 spiro atoms. The average molecular weight is 362 g/mol. The molecule has 4 aromatic rings. The minimum absolute atomic E-state index is 0. The Morgan fingerprint density at radius 3 is 1.36 bits per heavy atom. The maximum atomic E-state index is 9.00. The summed E-state index contributed by atoms with van der Waals surface area (Å²) in [5.74, 6) is 0. The van der Waals surface area contributed by atoms with E-state index in [1.807, 2.05) is 59.6 Å². The maximum Gasteiger partial charge on any atom is 0.0833 e. The van der Waals surface area contributed by atoms with E-state index in [1.54, 1.807) is 0 Å². The van der Waals surface area contributed by atoms with Crippen LogP contribution in [0.5, 0.6) is 0 Å². The number of para-hydroxylation sites is 2. The number of aromatic nitrogens is 2. The summed E-state index contributed by atoms with van der Waals surface area (Å²) in [4.78, 5) is 0. The molecule has 0 fully saturated rings. The van der Waals surface area contributed by atoms with E-state index in [-0.39, 0.29) is 51.0 Å². The molecule has 2 aromatic heterocycles. The first kappa shape index (κ1) is 20.0. The molecule has 5 heteroatoms. The van der Waals surface area contributed by atoms with E-state index >= 15 is 0 Å². The number of aliphatic hydroxyl groups excluding tert-OH is 2. The van der Waals surface area contributed by atoms with Crippen molar-refractivity contribution < 1.29 is 48.0 Å². The van der Waals surface area contributed by atoms with Crippen molar-refractivity contribution in [2.45, 2.75) is 13.2 Å². The van der Waals surface area contributed by atoms with Gasteiger partial charge in [0.1, 0.15) is 0 Å². The first-order valence-corrected chi connectivity index (χ1v) is 7.94. The first-order chi connectivity index (χ1) is 11.7. The number of hydrogen-bond acceptors (Lipinski definition) is 2. The van der Waals surface area contributed by atoms with E-state index in [0.717, 1.165) is 11.4 Å². The third kappa shape index (κ3) is 4.10. The second-order valence-electron chi connectivity index (χ2n) is 5.82. The fourth-order valence-electron chi connectivity index (χ4n) is 3.00. The van der Waals surface area contributed by atoms with Crippen molar-refractivity contribution >= 4 is 21.8 Å². The maximum absolute atomic E-state index is 9.00. The van der Waals surface area contributed by atoms with Crippen molar-refractivity contribution in [1.29, 1.82) is 0 Å². The van der Waals surface area contributed by atoms with Crippen LogP contribution >= 0.6 is 0 Å². The molecule has 0 aliphatic rings. The standard InChI is InChI=1S/2C10H11NO.Ar/c2*1-11-9(7-12)6-8-4-2-3-5-10(8)11;/h2*2-6,12H,7H2,1H3;. The molecular formula is C20H22ArN2O2. The monoisotopic (exact) mass is 362 g/mol. The van der Waals surface area contributed by atoms with E-state index in [9.17, 15) is 0 Å². The minimum atomic E-state index is 0. The van der Waals surface area contributed by atoms with Crippen LogP contribution in [-0.4, -0.2) is 19.3 Å². The van der Waals surface area contributed by atoms with Crippen LogP contribution in [0.2, 0.25) is 0 Å². The van der Waals surface area contributed by atoms with Gasteiger partial charge in [-0.25, -0.2) is 0 Å². The zero-order chi connectivity index (χ0) is 17.1. The van der Waals surface area contributed by atoms with Gasteiger partial charge in [0.25, 0.3) is 0 Å². The van der Waals surface area contributed by atoms with Crippen molar-refractivity contribution in [3.63, 3.8) is 0 Å².